The molecule has 0 aliphatic carbocycles. The molecule has 31 heavy (non-hydrogen) atoms. The van der Waals surface area contributed by atoms with Crippen LogP contribution in [0.4, 0.5) is 0 Å². The Morgan fingerprint density at radius 3 is 2.77 bits per heavy atom. The molecule has 0 saturated carbocycles. The molecule has 1 heterocycles. The number of rotatable bonds is 11. The minimum Gasteiger partial charge on any atom is -0.493 e. The molecule has 1 N–H and O–H groups in total. The molecule has 0 aromatic heterocycles. The molecule has 164 valence electrons. The van der Waals surface area contributed by atoms with Crippen LogP contribution in [0.3, 0.4) is 0 Å². The van der Waals surface area contributed by atoms with E-state index in [0.717, 1.165) is 67.6 Å². The number of fused-ring (bicyclic) bond motifs is 1. The largest absolute Gasteiger partial charge is 0.493 e. The first-order valence-corrected chi connectivity index (χ1v) is 11.1. The Balaban J connectivity index is 1.74. The van der Waals surface area contributed by atoms with Crippen molar-refractivity contribution in [2.75, 3.05) is 26.4 Å². The van der Waals surface area contributed by atoms with Crippen LogP contribution in [0.1, 0.15) is 55.7 Å². The molecule has 2 aromatic carbocycles. The molecular formula is C26H31NO4. The van der Waals surface area contributed by atoms with E-state index in [1.807, 2.05) is 43.3 Å². The van der Waals surface area contributed by atoms with Gasteiger partial charge in [0.2, 0.25) is 0 Å². The summed E-state index contributed by atoms with van der Waals surface area (Å²) < 4.78 is 17.4. The summed E-state index contributed by atoms with van der Waals surface area (Å²) in [5.74, 6) is 2.32. The molecule has 0 atom stereocenters. The van der Waals surface area contributed by atoms with E-state index in [2.05, 4.69) is 12.1 Å². The molecule has 5 nitrogen and oxygen atoms in total. The predicted octanol–water partition coefficient (Wildman–Crippen LogP) is 5.41. The van der Waals surface area contributed by atoms with Crippen LogP contribution in [0.15, 0.2) is 36.4 Å². The average Bonchev–Trinajstić information content (AvgIpc) is 2.80. The fourth-order valence-electron chi connectivity index (χ4n) is 3.63. The van der Waals surface area contributed by atoms with Gasteiger partial charge < -0.3 is 19.3 Å². The SMILES string of the molecule is CCOc1cc(C=C(C#N)c2ccc3c(c2)CCCO3)ccc1OCCCCCCO. The van der Waals surface area contributed by atoms with Crippen LogP contribution >= 0.6 is 0 Å². The van der Waals surface area contributed by atoms with Gasteiger partial charge in [0.05, 0.1) is 31.5 Å². The molecule has 1 aliphatic rings. The highest BCUT2D eigenvalue weighted by molar-refractivity contribution is 5.90. The lowest BCUT2D eigenvalue weighted by atomic mass is 9.98. The first-order chi connectivity index (χ1) is 15.2. The van der Waals surface area contributed by atoms with Crippen molar-refractivity contribution in [3.8, 4) is 23.3 Å². The molecule has 1 aliphatic heterocycles. The van der Waals surface area contributed by atoms with Crippen molar-refractivity contribution in [2.45, 2.75) is 45.4 Å². The molecule has 0 amide bonds. The highest BCUT2D eigenvalue weighted by Gasteiger charge is 2.13. The highest BCUT2D eigenvalue weighted by atomic mass is 16.5. The number of aryl methyl sites for hydroxylation is 1. The van der Waals surface area contributed by atoms with Crippen LogP contribution in [0.2, 0.25) is 0 Å². The molecular weight excluding hydrogens is 390 g/mol. The van der Waals surface area contributed by atoms with E-state index >= 15 is 0 Å². The van der Waals surface area contributed by atoms with Gasteiger partial charge in [0, 0.05) is 6.61 Å². The number of allylic oxidation sites excluding steroid dienone is 1. The van der Waals surface area contributed by atoms with Crippen LogP contribution in [-0.2, 0) is 6.42 Å². The van der Waals surface area contributed by atoms with Crippen LogP contribution < -0.4 is 14.2 Å². The van der Waals surface area contributed by atoms with Gasteiger partial charge in [-0.25, -0.2) is 0 Å². The van der Waals surface area contributed by atoms with Gasteiger partial charge >= 0.3 is 0 Å². The zero-order chi connectivity index (χ0) is 21.9. The van der Waals surface area contributed by atoms with Gasteiger partial charge in [0.1, 0.15) is 5.75 Å². The van der Waals surface area contributed by atoms with Gasteiger partial charge in [0.25, 0.3) is 0 Å². The topological polar surface area (TPSA) is 71.7 Å². The summed E-state index contributed by atoms with van der Waals surface area (Å²) in [6.07, 6.45) is 7.67. The summed E-state index contributed by atoms with van der Waals surface area (Å²) >= 11 is 0. The van der Waals surface area contributed by atoms with Gasteiger partial charge in [-0.15, -0.1) is 0 Å². The second-order valence-electron chi connectivity index (χ2n) is 7.57. The molecule has 5 heteroatoms. The Morgan fingerprint density at radius 2 is 1.97 bits per heavy atom. The molecule has 0 radical (unpaired) electrons. The fourth-order valence-corrected chi connectivity index (χ4v) is 3.63. The van der Waals surface area contributed by atoms with Gasteiger partial charge in [0.15, 0.2) is 11.5 Å². The Labute approximate surface area is 184 Å². The standard InChI is InChI=1S/C26H31NO4/c1-2-29-26-17-20(9-11-25(26)31-14-6-4-3-5-13-28)16-23(19-27)21-10-12-24-22(18-21)8-7-15-30-24/h9-12,16-18,28H,2-8,13-15H2,1H3. The zero-order valence-corrected chi connectivity index (χ0v) is 18.2. The van der Waals surface area contributed by atoms with E-state index in [9.17, 15) is 5.26 Å². The van der Waals surface area contributed by atoms with E-state index in [0.29, 0.717) is 30.3 Å². The van der Waals surface area contributed by atoms with Crippen LogP contribution in [0.5, 0.6) is 17.2 Å². The summed E-state index contributed by atoms with van der Waals surface area (Å²) in [6, 6.07) is 14.1. The normalized spacial score (nSPS) is 13.1. The lowest BCUT2D eigenvalue weighted by Crippen LogP contribution is -2.08. The second kappa shape index (κ2) is 12.0. The molecule has 0 saturated heterocycles. The lowest BCUT2D eigenvalue weighted by Gasteiger charge is -2.17. The summed E-state index contributed by atoms with van der Waals surface area (Å²) in [5.41, 5.74) is 3.55. The molecule has 0 fully saturated rings. The summed E-state index contributed by atoms with van der Waals surface area (Å²) in [7, 11) is 0. The van der Waals surface area contributed by atoms with Crippen molar-refractivity contribution in [3.63, 3.8) is 0 Å². The highest BCUT2D eigenvalue weighted by Crippen LogP contribution is 2.32. The van der Waals surface area contributed by atoms with E-state index in [1.54, 1.807) is 0 Å². The van der Waals surface area contributed by atoms with Crippen LogP contribution in [-0.4, -0.2) is 31.5 Å². The number of aliphatic hydroxyl groups is 1. The third-order valence-corrected chi connectivity index (χ3v) is 5.23. The predicted molar refractivity (Wildman–Crippen MR) is 122 cm³/mol. The Bertz CT molecular complexity index is 929. The summed E-state index contributed by atoms with van der Waals surface area (Å²) in [4.78, 5) is 0. The van der Waals surface area contributed by atoms with E-state index in [4.69, 9.17) is 19.3 Å². The van der Waals surface area contributed by atoms with Crippen molar-refractivity contribution in [1.29, 1.82) is 5.26 Å². The molecule has 0 bridgehead atoms. The maximum absolute atomic E-state index is 9.76. The number of nitrogens with zero attached hydrogens (tertiary/aromatic N) is 1. The van der Waals surface area contributed by atoms with E-state index in [-0.39, 0.29) is 6.61 Å². The van der Waals surface area contributed by atoms with E-state index < -0.39 is 0 Å². The third-order valence-electron chi connectivity index (χ3n) is 5.23. The Morgan fingerprint density at radius 1 is 1.10 bits per heavy atom. The van der Waals surface area contributed by atoms with Gasteiger partial charge in [-0.2, -0.15) is 5.26 Å². The summed E-state index contributed by atoms with van der Waals surface area (Å²) in [5, 5.41) is 18.6. The van der Waals surface area contributed by atoms with Crippen molar-refractivity contribution >= 4 is 11.6 Å². The number of unbranched alkanes of at least 4 members (excludes halogenated alkanes) is 3. The maximum atomic E-state index is 9.76. The monoisotopic (exact) mass is 421 g/mol. The summed E-state index contributed by atoms with van der Waals surface area (Å²) in [6.45, 7) is 4.09. The number of benzene rings is 2. The molecule has 0 spiro atoms. The smallest absolute Gasteiger partial charge is 0.161 e. The van der Waals surface area contributed by atoms with Crippen molar-refractivity contribution in [3.05, 3.63) is 53.1 Å². The van der Waals surface area contributed by atoms with Gasteiger partial charge in [-0.05, 0) is 92.1 Å². The number of hydrogen-bond donors (Lipinski definition) is 1. The quantitative estimate of drug-likeness (QED) is 0.299. The van der Waals surface area contributed by atoms with Crippen LogP contribution in [0.25, 0.3) is 11.6 Å². The fraction of sp³-hybridized carbons (Fsp3) is 0.423. The average molecular weight is 422 g/mol. The van der Waals surface area contributed by atoms with Crippen LogP contribution in [0, 0.1) is 11.3 Å². The molecule has 0 unspecified atom stereocenters. The van der Waals surface area contributed by atoms with Crippen molar-refractivity contribution in [1.82, 2.24) is 0 Å². The zero-order valence-electron chi connectivity index (χ0n) is 18.2. The Kier molecular flexibility index (Phi) is 8.81. The van der Waals surface area contributed by atoms with Gasteiger partial charge in [-0.1, -0.05) is 12.5 Å². The first-order valence-electron chi connectivity index (χ1n) is 11.1. The Hall–Kier alpha value is -2.97. The van der Waals surface area contributed by atoms with Crippen molar-refractivity contribution in [2.24, 2.45) is 0 Å². The van der Waals surface area contributed by atoms with Gasteiger partial charge in [-0.3, -0.25) is 0 Å². The van der Waals surface area contributed by atoms with E-state index in [1.165, 1.54) is 0 Å². The molecule has 2 aromatic rings. The lowest BCUT2D eigenvalue weighted by molar-refractivity contribution is 0.262. The minimum absolute atomic E-state index is 0.244. The number of ether oxygens (including phenoxy) is 3. The second-order valence-corrected chi connectivity index (χ2v) is 7.57. The number of hydrogen-bond acceptors (Lipinski definition) is 5. The first kappa shape index (κ1) is 22.7. The number of aliphatic hydroxyl groups excluding tert-OH is 1. The van der Waals surface area contributed by atoms with Crippen molar-refractivity contribution < 1.29 is 19.3 Å². The minimum atomic E-state index is 0.244. The third kappa shape index (κ3) is 6.50. The number of nitriles is 1. The molecule has 3 rings (SSSR count). The maximum Gasteiger partial charge on any atom is 0.161 e.